The molecule has 3 rings (SSSR count). The Morgan fingerprint density at radius 3 is 2.83 bits per heavy atom. The minimum Gasteiger partial charge on any atom is -0.375 e. The molecule has 2 unspecified atom stereocenters. The van der Waals surface area contributed by atoms with Gasteiger partial charge in [0.15, 0.2) is 0 Å². The summed E-state index contributed by atoms with van der Waals surface area (Å²) in [5, 5.41) is 0. The lowest BCUT2D eigenvalue weighted by Crippen LogP contribution is -2.42. The topological polar surface area (TPSA) is 12.5 Å². The summed E-state index contributed by atoms with van der Waals surface area (Å²) >= 11 is 0. The molecule has 0 aromatic rings. The van der Waals surface area contributed by atoms with Crippen LogP contribution in [0.5, 0.6) is 0 Å². The third-order valence-corrected chi connectivity index (χ3v) is 4.89. The third-order valence-electron chi connectivity index (χ3n) is 4.89. The molecule has 1 aliphatic carbocycles. The molecular formula is C16H25NO. The fraction of sp³-hybridized carbons (Fsp3) is 0.750. The maximum Gasteiger partial charge on any atom is 0.0710 e. The summed E-state index contributed by atoms with van der Waals surface area (Å²) in [6.45, 7) is 3.41. The predicted octanol–water partition coefficient (Wildman–Crippen LogP) is 3.01. The summed E-state index contributed by atoms with van der Waals surface area (Å²) in [6, 6.07) is 0. The molecule has 2 atom stereocenters. The number of hydrogen-bond acceptors (Lipinski definition) is 2. The van der Waals surface area contributed by atoms with Crippen LogP contribution in [0.4, 0.5) is 0 Å². The van der Waals surface area contributed by atoms with Gasteiger partial charge in [0.05, 0.1) is 12.2 Å². The van der Waals surface area contributed by atoms with Crippen molar-refractivity contribution in [2.24, 2.45) is 11.8 Å². The van der Waals surface area contributed by atoms with E-state index in [1.807, 2.05) is 0 Å². The van der Waals surface area contributed by atoms with Crippen molar-refractivity contribution in [3.8, 4) is 0 Å². The van der Waals surface area contributed by atoms with E-state index >= 15 is 0 Å². The molecule has 2 heterocycles. The van der Waals surface area contributed by atoms with Crippen LogP contribution in [0.2, 0.25) is 0 Å². The molecule has 3 aliphatic rings. The Morgan fingerprint density at radius 2 is 2.11 bits per heavy atom. The maximum absolute atomic E-state index is 6.22. The average molecular weight is 247 g/mol. The zero-order valence-corrected chi connectivity index (χ0v) is 11.5. The zero-order valence-electron chi connectivity index (χ0n) is 11.5. The Hall–Kier alpha value is -0.600. The van der Waals surface area contributed by atoms with Crippen LogP contribution < -0.4 is 0 Å². The van der Waals surface area contributed by atoms with Crippen molar-refractivity contribution in [2.45, 2.75) is 37.7 Å². The fourth-order valence-electron chi connectivity index (χ4n) is 3.70. The second-order valence-electron chi connectivity index (χ2n) is 6.41. The number of piperidine rings is 1. The Bertz CT molecular complexity index is 339. The lowest BCUT2D eigenvalue weighted by atomic mass is 9.81. The summed E-state index contributed by atoms with van der Waals surface area (Å²) in [6.07, 6.45) is 15.4. The van der Waals surface area contributed by atoms with Crippen molar-refractivity contribution in [1.29, 1.82) is 0 Å². The van der Waals surface area contributed by atoms with Gasteiger partial charge >= 0.3 is 0 Å². The maximum atomic E-state index is 6.22. The van der Waals surface area contributed by atoms with E-state index in [-0.39, 0.29) is 5.60 Å². The lowest BCUT2D eigenvalue weighted by molar-refractivity contribution is -0.0395. The molecular weight excluding hydrogens is 222 g/mol. The number of likely N-dealkylation sites (tertiary alicyclic amines) is 1. The minimum absolute atomic E-state index is 0.241. The molecule has 0 aromatic carbocycles. The summed E-state index contributed by atoms with van der Waals surface area (Å²) in [5.41, 5.74) is 0.241. The van der Waals surface area contributed by atoms with Gasteiger partial charge in [-0.15, -0.1) is 0 Å². The first-order valence-electron chi connectivity index (χ1n) is 7.42. The van der Waals surface area contributed by atoms with E-state index in [2.05, 4.69) is 36.3 Å². The van der Waals surface area contributed by atoms with E-state index in [1.165, 1.54) is 45.2 Å². The van der Waals surface area contributed by atoms with Crippen LogP contribution >= 0.6 is 0 Å². The van der Waals surface area contributed by atoms with Crippen molar-refractivity contribution in [1.82, 2.24) is 4.90 Å². The lowest BCUT2D eigenvalue weighted by Gasteiger charge is -2.37. The van der Waals surface area contributed by atoms with Crippen molar-refractivity contribution < 1.29 is 4.74 Å². The highest BCUT2D eigenvalue weighted by atomic mass is 16.5. The molecule has 0 radical (unpaired) electrons. The van der Waals surface area contributed by atoms with E-state index in [0.717, 1.165) is 18.4 Å². The van der Waals surface area contributed by atoms with Gasteiger partial charge in [-0.3, -0.25) is 0 Å². The standard InChI is InChI=1S/C16H25NO/c1-17-9-7-16(8-10-17)12-15(13-18-16)11-14-5-3-2-4-6-14/h2-5,14-15H,6-13H2,1H3. The number of nitrogens with zero attached hydrogens (tertiary/aromatic N) is 1. The molecule has 0 N–H and O–H groups in total. The largest absolute Gasteiger partial charge is 0.375 e. The molecule has 2 fully saturated rings. The van der Waals surface area contributed by atoms with Gasteiger partial charge in [-0.1, -0.05) is 24.3 Å². The monoisotopic (exact) mass is 247 g/mol. The Morgan fingerprint density at radius 1 is 1.28 bits per heavy atom. The predicted molar refractivity (Wildman–Crippen MR) is 74.5 cm³/mol. The fourth-order valence-corrected chi connectivity index (χ4v) is 3.70. The van der Waals surface area contributed by atoms with Gasteiger partial charge in [0.1, 0.15) is 0 Å². The molecule has 2 aliphatic heterocycles. The molecule has 0 amide bonds. The number of rotatable bonds is 2. The number of hydrogen-bond donors (Lipinski definition) is 0. The average Bonchev–Trinajstić information content (AvgIpc) is 2.78. The van der Waals surface area contributed by atoms with Crippen LogP contribution in [-0.2, 0) is 4.74 Å². The van der Waals surface area contributed by atoms with E-state index in [1.54, 1.807) is 0 Å². The molecule has 100 valence electrons. The Balaban J connectivity index is 1.52. The molecule has 2 heteroatoms. The van der Waals surface area contributed by atoms with Gasteiger partial charge in [0.2, 0.25) is 0 Å². The second-order valence-corrected chi connectivity index (χ2v) is 6.41. The molecule has 0 aromatic heterocycles. The van der Waals surface area contributed by atoms with Crippen LogP contribution in [0.25, 0.3) is 0 Å². The van der Waals surface area contributed by atoms with Crippen LogP contribution in [0, 0.1) is 11.8 Å². The van der Waals surface area contributed by atoms with Crippen LogP contribution in [0.3, 0.4) is 0 Å². The normalized spacial score (nSPS) is 35.4. The summed E-state index contributed by atoms with van der Waals surface area (Å²) < 4.78 is 6.22. The molecule has 0 bridgehead atoms. The van der Waals surface area contributed by atoms with Gasteiger partial charge in [-0.25, -0.2) is 0 Å². The smallest absolute Gasteiger partial charge is 0.0710 e. The third kappa shape index (κ3) is 2.70. The van der Waals surface area contributed by atoms with E-state index < -0.39 is 0 Å². The van der Waals surface area contributed by atoms with Crippen molar-refractivity contribution in [3.63, 3.8) is 0 Å². The molecule has 2 saturated heterocycles. The molecule has 1 spiro atoms. The van der Waals surface area contributed by atoms with E-state index in [4.69, 9.17) is 4.74 Å². The van der Waals surface area contributed by atoms with Crippen molar-refractivity contribution in [2.75, 3.05) is 26.7 Å². The minimum atomic E-state index is 0.241. The first kappa shape index (κ1) is 12.4. The van der Waals surface area contributed by atoms with Crippen LogP contribution in [0.1, 0.15) is 32.1 Å². The first-order chi connectivity index (χ1) is 8.76. The Labute approximate surface area is 111 Å². The van der Waals surface area contributed by atoms with Crippen molar-refractivity contribution in [3.05, 3.63) is 24.3 Å². The zero-order chi connectivity index (χ0) is 12.4. The number of ether oxygens (including phenoxy) is 1. The second kappa shape index (κ2) is 5.18. The highest BCUT2D eigenvalue weighted by Crippen LogP contribution is 2.41. The summed E-state index contributed by atoms with van der Waals surface area (Å²) in [5.74, 6) is 1.54. The number of allylic oxidation sites excluding steroid dienone is 4. The van der Waals surface area contributed by atoms with Gasteiger partial charge in [-0.05, 0) is 51.0 Å². The van der Waals surface area contributed by atoms with Gasteiger partial charge in [-0.2, -0.15) is 0 Å². The molecule has 2 nitrogen and oxygen atoms in total. The quantitative estimate of drug-likeness (QED) is 0.744. The van der Waals surface area contributed by atoms with E-state index in [9.17, 15) is 0 Å². The summed E-state index contributed by atoms with van der Waals surface area (Å²) in [4.78, 5) is 2.43. The van der Waals surface area contributed by atoms with Crippen LogP contribution in [0.15, 0.2) is 24.3 Å². The van der Waals surface area contributed by atoms with Gasteiger partial charge in [0, 0.05) is 13.1 Å². The molecule has 0 saturated carbocycles. The highest BCUT2D eigenvalue weighted by Gasteiger charge is 2.42. The van der Waals surface area contributed by atoms with Gasteiger partial charge < -0.3 is 9.64 Å². The summed E-state index contributed by atoms with van der Waals surface area (Å²) in [7, 11) is 2.22. The van der Waals surface area contributed by atoms with Crippen molar-refractivity contribution >= 4 is 0 Å². The van der Waals surface area contributed by atoms with Crippen LogP contribution in [-0.4, -0.2) is 37.2 Å². The molecule has 18 heavy (non-hydrogen) atoms. The van der Waals surface area contributed by atoms with Gasteiger partial charge in [0.25, 0.3) is 0 Å². The Kier molecular flexibility index (Phi) is 3.58. The first-order valence-corrected chi connectivity index (χ1v) is 7.42. The highest BCUT2D eigenvalue weighted by molar-refractivity contribution is 5.11. The van der Waals surface area contributed by atoms with E-state index in [0.29, 0.717) is 0 Å². The SMILES string of the molecule is CN1CCC2(CC1)CC(CC1C=CC=CC1)CO2.